The molecule has 0 amide bonds. The minimum Gasteiger partial charge on any atom is -0.300 e. The third-order valence-corrected chi connectivity index (χ3v) is 2.99. The number of rotatable bonds is 7. The van der Waals surface area contributed by atoms with E-state index in [1.54, 1.807) is 0 Å². The van der Waals surface area contributed by atoms with Crippen LogP contribution in [0, 0.1) is 10.8 Å². The first-order chi connectivity index (χ1) is 7.99. The van der Waals surface area contributed by atoms with E-state index in [1.807, 2.05) is 0 Å². The fourth-order valence-electron chi connectivity index (χ4n) is 1.56. The Kier molecular flexibility index (Phi) is 6.80. The monoisotopic (exact) mass is 254 g/mol. The van der Waals surface area contributed by atoms with Crippen molar-refractivity contribution < 1.29 is 9.59 Å². The summed E-state index contributed by atoms with van der Waals surface area (Å²) >= 11 is 0. The number of ketones is 2. The smallest absolute Gasteiger partial charge is 0.133 e. The molecule has 0 fully saturated rings. The van der Waals surface area contributed by atoms with E-state index >= 15 is 0 Å². The lowest BCUT2D eigenvalue weighted by molar-refractivity contribution is -0.124. The van der Waals surface area contributed by atoms with E-state index in [0.717, 1.165) is 12.8 Å². The van der Waals surface area contributed by atoms with Gasteiger partial charge in [-0.25, -0.2) is 0 Å². The first-order valence-corrected chi connectivity index (χ1v) is 7.03. The van der Waals surface area contributed by atoms with E-state index < -0.39 is 0 Å². The van der Waals surface area contributed by atoms with Crippen LogP contribution >= 0.6 is 0 Å². The molecule has 0 aromatic heterocycles. The van der Waals surface area contributed by atoms with Gasteiger partial charge in [-0.05, 0) is 23.7 Å². The SMILES string of the molecule is CC(C)(C)CCC(=O)CCC(=O)CCC(C)(C)C. The number of hydrogen-bond acceptors (Lipinski definition) is 2. The van der Waals surface area contributed by atoms with Gasteiger partial charge in [-0.3, -0.25) is 9.59 Å². The van der Waals surface area contributed by atoms with E-state index in [1.165, 1.54) is 0 Å². The standard InChI is InChI=1S/C16H30O2/c1-15(2,3)11-9-13(17)7-8-14(18)10-12-16(4,5)6/h7-12H2,1-6H3. The molecule has 18 heavy (non-hydrogen) atoms. The summed E-state index contributed by atoms with van der Waals surface area (Å²) in [6, 6.07) is 0. The van der Waals surface area contributed by atoms with E-state index in [0.29, 0.717) is 25.7 Å². The summed E-state index contributed by atoms with van der Waals surface area (Å²) < 4.78 is 0. The molecule has 0 rings (SSSR count). The van der Waals surface area contributed by atoms with Gasteiger partial charge in [0.2, 0.25) is 0 Å². The minimum absolute atomic E-state index is 0.200. The maximum atomic E-state index is 11.6. The van der Waals surface area contributed by atoms with Crippen LogP contribution in [0.4, 0.5) is 0 Å². The minimum atomic E-state index is 0.200. The molecule has 0 bridgehead atoms. The van der Waals surface area contributed by atoms with Crippen LogP contribution in [0.15, 0.2) is 0 Å². The molecule has 0 aliphatic carbocycles. The van der Waals surface area contributed by atoms with Gasteiger partial charge in [0.05, 0.1) is 0 Å². The highest BCUT2D eigenvalue weighted by atomic mass is 16.1. The molecule has 2 nitrogen and oxygen atoms in total. The fraction of sp³-hybridized carbons (Fsp3) is 0.875. The number of carbonyl (C=O) groups is 2. The average Bonchev–Trinajstić information content (AvgIpc) is 2.18. The molecule has 0 aliphatic rings. The van der Waals surface area contributed by atoms with Crippen LogP contribution in [-0.4, -0.2) is 11.6 Å². The van der Waals surface area contributed by atoms with Gasteiger partial charge in [0.15, 0.2) is 0 Å². The summed E-state index contributed by atoms with van der Waals surface area (Å²) in [7, 11) is 0. The van der Waals surface area contributed by atoms with Gasteiger partial charge in [0.1, 0.15) is 11.6 Å². The summed E-state index contributed by atoms with van der Waals surface area (Å²) in [6.07, 6.45) is 3.88. The van der Waals surface area contributed by atoms with E-state index in [-0.39, 0.29) is 22.4 Å². The van der Waals surface area contributed by atoms with Crippen molar-refractivity contribution in [2.24, 2.45) is 10.8 Å². The third kappa shape index (κ3) is 11.8. The molecule has 0 saturated carbocycles. The molecule has 0 aliphatic heterocycles. The largest absolute Gasteiger partial charge is 0.300 e. The van der Waals surface area contributed by atoms with Gasteiger partial charge in [0.25, 0.3) is 0 Å². The summed E-state index contributed by atoms with van der Waals surface area (Å²) in [5.41, 5.74) is 0.401. The van der Waals surface area contributed by atoms with Crippen LogP contribution in [-0.2, 0) is 9.59 Å². The molecule has 0 radical (unpaired) electrons. The molecular formula is C16H30O2. The molecule has 0 aromatic carbocycles. The molecule has 0 aromatic rings. The lowest BCUT2D eigenvalue weighted by Crippen LogP contribution is -2.12. The molecule has 106 valence electrons. The zero-order valence-corrected chi connectivity index (χ0v) is 13.1. The molecule has 0 atom stereocenters. The van der Waals surface area contributed by atoms with Crippen molar-refractivity contribution in [1.29, 1.82) is 0 Å². The van der Waals surface area contributed by atoms with Gasteiger partial charge < -0.3 is 0 Å². The highest BCUT2D eigenvalue weighted by Gasteiger charge is 2.15. The lowest BCUT2D eigenvalue weighted by Gasteiger charge is -2.17. The molecule has 0 saturated heterocycles. The third-order valence-electron chi connectivity index (χ3n) is 2.99. The highest BCUT2D eigenvalue weighted by Crippen LogP contribution is 2.22. The Labute approximate surface area is 113 Å². The predicted octanol–water partition coefficient (Wildman–Crippen LogP) is 4.56. The van der Waals surface area contributed by atoms with E-state index in [4.69, 9.17) is 0 Å². The zero-order valence-electron chi connectivity index (χ0n) is 13.1. The highest BCUT2D eigenvalue weighted by molar-refractivity contribution is 5.85. The molecule has 2 heteroatoms. The Morgan fingerprint density at radius 3 is 1.11 bits per heavy atom. The maximum Gasteiger partial charge on any atom is 0.133 e. The first kappa shape index (κ1) is 17.3. The van der Waals surface area contributed by atoms with Crippen LogP contribution in [0.3, 0.4) is 0 Å². The summed E-state index contributed by atoms with van der Waals surface area (Å²) in [5, 5.41) is 0. The second kappa shape index (κ2) is 7.06. The first-order valence-electron chi connectivity index (χ1n) is 7.03. The van der Waals surface area contributed by atoms with Crippen molar-refractivity contribution in [2.45, 2.75) is 80.1 Å². The molecule has 0 heterocycles. The number of hydrogen-bond donors (Lipinski definition) is 0. The lowest BCUT2D eigenvalue weighted by atomic mass is 9.87. The molecule has 0 N–H and O–H groups in total. The summed E-state index contributed by atoms with van der Waals surface area (Å²) in [5.74, 6) is 0.461. The van der Waals surface area contributed by atoms with Crippen molar-refractivity contribution in [3.05, 3.63) is 0 Å². The van der Waals surface area contributed by atoms with Crippen LogP contribution in [0.5, 0.6) is 0 Å². The fourth-order valence-corrected chi connectivity index (χ4v) is 1.56. The van der Waals surface area contributed by atoms with Crippen LogP contribution in [0.1, 0.15) is 80.1 Å². The second-order valence-electron chi connectivity index (χ2n) is 7.70. The van der Waals surface area contributed by atoms with Crippen molar-refractivity contribution in [2.75, 3.05) is 0 Å². The topological polar surface area (TPSA) is 34.1 Å². The maximum absolute atomic E-state index is 11.6. The molecule has 0 spiro atoms. The number of carbonyl (C=O) groups excluding carboxylic acids is 2. The van der Waals surface area contributed by atoms with Crippen LogP contribution in [0.2, 0.25) is 0 Å². The molecule has 0 unspecified atom stereocenters. The van der Waals surface area contributed by atoms with Crippen molar-refractivity contribution >= 4 is 11.6 Å². The summed E-state index contributed by atoms with van der Waals surface area (Å²) in [6.45, 7) is 12.8. The van der Waals surface area contributed by atoms with Gasteiger partial charge in [-0.15, -0.1) is 0 Å². The van der Waals surface area contributed by atoms with Gasteiger partial charge >= 0.3 is 0 Å². The van der Waals surface area contributed by atoms with Crippen LogP contribution in [0.25, 0.3) is 0 Å². The quantitative estimate of drug-likeness (QED) is 0.667. The number of Topliss-reactive ketones (excluding diaryl/α,β-unsaturated/α-hetero) is 2. The van der Waals surface area contributed by atoms with E-state index in [9.17, 15) is 9.59 Å². The summed E-state index contributed by atoms with van der Waals surface area (Å²) in [4.78, 5) is 23.3. The van der Waals surface area contributed by atoms with E-state index in [2.05, 4.69) is 41.5 Å². The Morgan fingerprint density at radius 1 is 0.611 bits per heavy atom. The Morgan fingerprint density at radius 2 is 0.889 bits per heavy atom. The van der Waals surface area contributed by atoms with Gasteiger partial charge in [0, 0.05) is 25.7 Å². The zero-order chi connectivity index (χ0) is 14.4. The van der Waals surface area contributed by atoms with Crippen molar-refractivity contribution in [3.63, 3.8) is 0 Å². The Balaban J connectivity index is 3.76. The predicted molar refractivity (Wildman–Crippen MR) is 76.6 cm³/mol. The molecular weight excluding hydrogens is 224 g/mol. The normalized spacial score (nSPS) is 12.6. The van der Waals surface area contributed by atoms with Crippen molar-refractivity contribution in [1.82, 2.24) is 0 Å². The Hall–Kier alpha value is -0.660. The van der Waals surface area contributed by atoms with Crippen LogP contribution < -0.4 is 0 Å². The van der Waals surface area contributed by atoms with Crippen molar-refractivity contribution in [3.8, 4) is 0 Å². The van der Waals surface area contributed by atoms with Gasteiger partial charge in [-0.2, -0.15) is 0 Å². The average molecular weight is 254 g/mol. The second-order valence-corrected chi connectivity index (χ2v) is 7.70. The Bertz CT molecular complexity index is 246. The van der Waals surface area contributed by atoms with Gasteiger partial charge in [-0.1, -0.05) is 41.5 Å².